The first kappa shape index (κ1) is 15.9. The molecule has 0 saturated heterocycles. The summed E-state index contributed by atoms with van der Waals surface area (Å²) in [4.78, 5) is 24.0. The van der Waals surface area contributed by atoms with Gasteiger partial charge in [0.25, 0.3) is 0 Å². The largest absolute Gasteiger partial charge is 0.480 e. The molecule has 1 aromatic carbocycles. The van der Waals surface area contributed by atoms with Gasteiger partial charge in [-0.15, -0.1) is 0 Å². The molecule has 0 unspecified atom stereocenters. The van der Waals surface area contributed by atoms with Crippen molar-refractivity contribution in [2.45, 2.75) is 26.0 Å². The second kappa shape index (κ2) is 6.85. The summed E-state index contributed by atoms with van der Waals surface area (Å²) in [7, 11) is 0. The summed E-state index contributed by atoms with van der Waals surface area (Å²) in [5, 5.41) is 20.4. The minimum Gasteiger partial charge on any atom is -0.480 e. The maximum absolute atomic E-state index is 13.7. The van der Waals surface area contributed by atoms with Crippen LogP contribution in [0.15, 0.2) is 24.3 Å². The van der Waals surface area contributed by atoms with Gasteiger partial charge in [-0.1, -0.05) is 12.1 Å². The van der Waals surface area contributed by atoms with Crippen molar-refractivity contribution in [3.63, 3.8) is 0 Å². The number of hydrogen-bond acceptors (Lipinski definition) is 3. The number of carboxylic acids is 1. The number of carboxylic acid groups (broad SMARTS) is 1. The predicted octanol–water partition coefficient (Wildman–Crippen LogP) is 1.20. The number of benzene rings is 1. The smallest absolute Gasteiger partial charge is 0.328 e. The van der Waals surface area contributed by atoms with Crippen LogP contribution in [-0.2, 0) is 4.79 Å². The van der Waals surface area contributed by atoms with E-state index >= 15 is 0 Å². The van der Waals surface area contributed by atoms with Gasteiger partial charge in [-0.05, 0) is 26.0 Å². The third kappa shape index (κ3) is 3.67. The number of amides is 2. The molecule has 1 rings (SSSR count). The predicted molar refractivity (Wildman–Crippen MR) is 71.1 cm³/mol. The lowest BCUT2D eigenvalue weighted by Crippen LogP contribution is -2.52. The van der Waals surface area contributed by atoms with Crippen molar-refractivity contribution in [1.82, 2.24) is 5.32 Å². The zero-order chi connectivity index (χ0) is 15.3. The van der Waals surface area contributed by atoms with Crippen molar-refractivity contribution in [3.8, 4) is 0 Å². The number of anilines is 1. The number of aliphatic hydroxyl groups is 1. The van der Waals surface area contributed by atoms with E-state index in [9.17, 15) is 19.1 Å². The highest BCUT2D eigenvalue weighted by atomic mass is 19.1. The molecule has 3 N–H and O–H groups in total. The van der Waals surface area contributed by atoms with Crippen LogP contribution < -0.4 is 10.2 Å². The minimum absolute atomic E-state index is 0.0437. The van der Waals surface area contributed by atoms with E-state index in [1.807, 2.05) is 0 Å². The highest BCUT2D eigenvalue weighted by molar-refractivity contribution is 5.94. The van der Waals surface area contributed by atoms with Crippen LogP contribution in [0.1, 0.15) is 13.8 Å². The van der Waals surface area contributed by atoms with E-state index in [0.29, 0.717) is 0 Å². The molecule has 0 saturated carbocycles. The molecule has 0 aliphatic heterocycles. The Labute approximate surface area is 115 Å². The van der Waals surface area contributed by atoms with Crippen LogP contribution in [-0.4, -0.2) is 40.9 Å². The Morgan fingerprint density at radius 3 is 2.45 bits per heavy atom. The number of aliphatic hydroxyl groups excluding tert-OH is 1. The Balaban J connectivity index is 2.93. The normalized spacial score (nSPS) is 13.4. The Bertz CT molecular complexity index is 493. The van der Waals surface area contributed by atoms with E-state index in [1.54, 1.807) is 13.0 Å². The summed E-state index contributed by atoms with van der Waals surface area (Å²) in [5.74, 6) is -1.95. The molecule has 7 heteroatoms. The second-order valence-electron chi connectivity index (χ2n) is 4.20. The van der Waals surface area contributed by atoms with Crippen LogP contribution in [0.4, 0.5) is 14.9 Å². The summed E-state index contributed by atoms with van der Waals surface area (Å²) < 4.78 is 13.7. The zero-order valence-electron chi connectivity index (χ0n) is 11.2. The molecule has 0 heterocycles. The van der Waals surface area contributed by atoms with E-state index in [1.165, 1.54) is 25.1 Å². The van der Waals surface area contributed by atoms with Crippen LogP contribution in [0, 0.1) is 5.82 Å². The van der Waals surface area contributed by atoms with Gasteiger partial charge in [0.15, 0.2) is 6.04 Å². The molecule has 0 fully saturated rings. The molecular weight excluding hydrogens is 267 g/mol. The first-order chi connectivity index (χ1) is 9.38. The van der Waals surface area contributed by atoms with Crippen LogP contribution in [0.5, 0.6) is 0 Å². The van der Waals surface area contributed by atoms with Gasteiger partial charge in [0.1, 0.15) is 5.82 Å². The molecule has 1 aromatic rings. The Morgan fingerprint density at radius 2 is 2.00 bits per heavy atom. The van der Waals surface area contributed by atoms with E-state index in [4.69, 9.17) is 5.11 Å². The standard InChI is InChI=1S/C13H17FN2O4/c1-3-16(10-7-5-4-6-9(10)14)13(20)15-11(8(2)17)12(18)19/h4-8,11,17H,3H2,1-2H3,(H,15,20)(H,18,19)/t8-,11+/m1/s1. The molecule has 2 amide bonds. The van der Waals surface area contributed by atoms with Gasteiger partial charge in [0, 0.05) is 6.54 Å². The average molecular weight is 284 g/mol. The van der Waals surface area contributed by atoms with Gasteiger partial charge in [-0.3, -0.25) is 4.90 Å². The summed E-state index contributed by atoms with van der Waals surface area (Å²) in [6, 6.07) is 3.43. The minimum atomic E-state index is -1.46. The number of carbonyl (C=O) groups is 2. The number of carbonyl (C=O) groups excluding carboxylic acids is 1. The molecule has 0 aliphatic rings. The van der Waals surface area contributed by atoms with E-state index in [-0.39, 0.29) is 12.2 Å². The van der Waals surface area contributed by atoms with Crippen molar-refractivity contribution in [3.05, 3.63) is 30.1 Å². The topological polar surface area (TPSA) is 89.9 Å². The van der Waals surface area contributed by atoms with E-state index in [0.717, 1.165) is 4.90 Å². The number of rotatable bonds is 5. The molecule has 0 spiro atoms. The maximum atomic E-state index is 13.7. The highest BCUT2D eigenvalue weighted by Crippen LogP contribution is 2.18. The SMILES string of the molecule is CCN(C(=O)N[C@H](C(=O)O)[C@@H](C)O)c1ccccc1F. The van der Waals surface area contributed by atoms with Gasteiger partial charge in [0.05, 0.1) is 11.8 Å². The van der Waals surface area contributed by atoms with Crippen molar-refractivity contribution < 1.29 is 24.2 Å². The van der Waals surface area contributed by atoms with Crippen LogP contribution >= 0.6 is 0 Å². The van der Waals surface area contributed by atoms with E-state index in [2.05, 4.69) is 5.32 Å². The molecule has 0 aromatic heterocycles. The fraction of sp³-hybridized carbons (Fsp3) is 0.385. The van der Waals surface area contributed by atoms with Crippen molar-refractivity contribution in [2.75, 3.05) is 11.4 Å². The average Bonchev–Trinajstić information content (AvgIpc) is 2.38. The zero-order valence-corrected chi connectivity index (χ0v) is 11.2. The fourth-order valence-electron chi connectivity index (χ4n) is 1.69. The number of nitrogens with zero attached hydrogens (tertiary/aromatic N) is 1. The third-order valence-corrected chi connectivity index (χ3v) is 2.73. The second-order valence-corrected chi connectivity index (χ2v) is 4.20. The summed E-state index contributed by atoms with van der Waals surface area (Å²) in [6.07, 6.45) is -1.27. The van der Waals surface area contributed by atoms with Gasteiger partial charge >= 0.3 is 12.0 Å². The Morgan fingerprint density at radius 1 is 1.40 bits per heavy atom. The summed E-state index contributed by atoms with van der Waals surface area (Å²) in [5.41, 5.74) is 0.0437. The van der Waals surface area contributed by atoms with Crippen LogP contribution in [0.3, 0.4) is 0 Å². The number of halogens is 1. The number of aliphatic carboxylic acids is 1. The first-order valence-electron chi connectivity index (χ1n) is 6.11. The molecular formula is C13H17FN2O4. The number of para-hydroxylation sites is 1. The number of hydrogen-bond donors (Lipinski definition) is 3. The molecule has 2 atom stereocenters. The molecule has 0 aliphatic carbocycles. The lowest BCUT2D eigenvalue weighted by Gasteiger charge is -2.25. The molecule has 110 valence electrons. The molecule has 0 radical (unpaired) electrons. The summed E-state index contributed by atoms with van der Waals surface area (Å²) >= 11 is 0. The van der Waals surface area contributed by atoms with E-state index < -0.39 is 30.0 Å². The quantitative estimate of drug-likeness (QED) is 0.757. The first-order valence-corrected chi connectivity index (χ1v) is 6.11. The van der Waals surface area contributed by atoms with Gasteiger partial charge in [-0.2, -0.15) is 0 Å². The lowest BCUT2D eigenvalue weighted by molar-refractivity contribution is -0.141. The number of urea groups is 1. The summed E-state index contributed by atoms with van der Waals surface area (Å²) in [6.45, 7) is 3.03. The van der Waals surface area contributed by atoms with Crippen LogP contribution in [0.25, 0.3) is 0 Å². The van der Waals surface area contributed by atoms with Gasteiger partial charge < -0.3 is 15.5 Å². The Kier molecular flexibility index (Phi) is 5.45. The monoisotopic (exact) mass is 284 g/mol. The van der Waals surface area contributed by atoms with Crippen molar-refractivity contribution in [1.29, 1.82) is 0 Å². The lowest BCUT2D eigenvalue weighted by atomic mass is 10.2. The van der Waals surface area contributed by atoms with Gasteiger partial charge in [-0.25, -0.2) is 14.0 Å². The molecule has 6 nitrogen and oxygen atoms in total. The van der Waals surface area contributed by atoms with Crippen molar-refractivity contribution >= 4 is 17.7 Å². The fourth-order valence-corrected chi connectivity index (χ4v) is 1.69. The number of nitrogens with one attached hydrogen (secondary N) is 1. The Hall–Kier alpha value is -2.15. The third-order valence-electron chi connectivity index (χ3n) is 2.73. The molecule has 0 bridgehead atoms. The highest BCUT2D eigenvalue weighted by Gasteiger charge is 2.27. The van der Waals surface area contributed by atoms with Crippen LogP contribution in [0.2, 0.25) is 0 Å². The van der Waals surface area contributed by atoms with Crippen molar-refractivity contribution in [2.24, 2.45) is 0 Å². The molecule has 20 heavy (non-hydrogen) atoms. The van der Waals surface area contributed by atoms with Gasteiger partial charge in [0.2, 0.25) is 0 Å². The maximum Gasteiger partial charge on any atom is 0.328 e.